The standard InChI is InChI=1S/C19H23N3O2.ClH/c1-14(19(24)21-13-15-8-4-2-5-9-15)22-18(23)12-17(20)16-10-6-3-7-11-16;/h2-11,14,17H,12-13,20H2,1H3,(H,21,24)(H,22,23);1H. The lowest BCUT2D eigenvalue weighted by Crippen LogP contribution is -2.45. The fourth-order valence-electron chi connectivity index (χ4n) is 2.32. The van der Waals surface area contributed by atoms with Gasteiger partial charge in [0.25, 0.3) is 0 Å². The summed E-state index contributed by atoms with van der Waals surface area (Å²) in [5, 5.41) is 5.49. The first-order chi connectivity index (χ1) is 11.6. The summed E-state index contributed by atoms with van der Waals surface area (Å²) in [6.07, 6.45) is 0.139. The Labute approximate surface area is 154 Å². The minimum Gasteiger partial charge on any atom is -0.350 e. The van der Waals surface area contributed by atoms with E-state index in [0.717, 1.165) is 11.1 Å². The molecule has 6 heteroatoms. The van der Waals surface area contributed by atoms with Crippen LogP contribution in [0.3, 0.4) is 0 Å². The molecule has 0 saturated heterocycles. The molecule has 2 aromatic rings. The SMILES string of the molecule is CC(NC(=O)CC(N)c1ccccc1)C(=O)NCc1ccccc1.Cl. The van der Waals surface area contributed by atoms with E-state index in [0.29, 0.717) is 6.54 Å². The number of carbonyl (C=O) groups is 2. The Bertz CT molecular complexity index is 665. The van der Waals surface area contributed by atoms with E-state index in [4.69, 9.17) is 5.73 Å². The van der Waals surface area contributed by atoms with Crippen LogP contribution in [-0.4, -0.2) is 17.9 Å². The number of hydrogen-bond acceptors (Lipinski definition) is 3. The predicted molar refractivity (Wildman–Crippen MR) is 101 cm³/mol. The van der Waals surface area contributed by atoms with E-state index >= 15 is 0 Å². The van der Waals surface area contributed by atoms with E-state index in [1.54, 1.807) is 6.92 Å². The van der Waals surface area contributed by atoms with Crippen LogP contribution in [0.2, 0.25) is 0 Å². The van der Waals surface area contributed by atoms with Gasteiger partial charge in [0.1, 0.15) is 6.04 Å². The van der Waals surface area contributed by atoms with Crippen molar-refractivity contribution in [2.45, 2.75) is 32.0 Å². The fraction of sp³-hybridized carbons (Fsp3) is 0.263. The zero-order chi connectivity index (χ0) is 17.4. The fourth-order valence-corrected chi connectivity index (χ4v) is 2.32. The molecule has 2 aromatic carbocycles. The molecule has 0 fully saturated rings. The highest BCUT2D eigenvalue weighted by Crippen LogP contribution is 2.12. The van der Waals surface area contributed by atoms with E-state index in [9.17, 15) is 9.59 Å². The molecule has 0 saturated carbocycles. The third-order valence-electron chi connectivity index (χ3n) is 3.71. The van der Waals surface area contributed by atoms with Crippen molar-refractivity contribution in [2.24, 2.45) is 5.73 Å². The number of halogens is 1. The van der Waals surface area contributed by atoms with Gasteiger partial charge in [-0.2, -0.15) is 0 Å². The van der Waals surface area contributed by atoms with Gasteiger partial charge >= 0.3 is 0 Å². The van der Waals surface area contributed by atoms with E-state index in [2.05, 4.69) is 10.6 Å². The Balaban J connectivity index is 0.00000312. The molecule has 0 spiro atoms. The molecule has 0 bridgehead atoms. The van der Waals surface area contributed by atoms with Gasteiger partial charge in [0.05, 0.1) is 0 Å². The Kier molecular flexibility index (Phi) is 8.67. The maximum atomic E-state index is 12.1. The molecule has 0 aliphatic rings. The lowest BCUT2D eigenvalue weighted by Gasteiger charge is -2.16. The normalized spacial score (nSPS) is 12.4. The Morgan fingerprint density at radius 2 is 1.56 bits per heavy atom. The van der Waals surface area contributed by atoms with Crippen molar-refractivity contribution in [1.82, 2.24) is 10.6 Å². The highest BCUT2D eigenvalue weighted by molar-refractivity contribution is 5.87. The second-order valence-corrected chi connectivity index (χ2v) is 5.71. The lowest BCUT2D eigenvalue weighted by molar-refractivity contribution is -0.128. The van der Waals surface area contributed by atoms with Crippen LogP contribution in [0.4, 0.5) is 0 Å². The van der Waals surface area contributed by atoms with E-state index < -0.39 is 6.04 Å². The van der Waals surface area contributed by atoms with Crippen molar-refractivity contribution in [1.29, 1.82) is 0 Å². The number of rotatable bonds is 7. The molecule has 0 aliphatic heterocycles. The number of carbonyl (C=O) groups excluding carboxylic acids is 2. The second kappa shape index (κ2) is 10.5. The smallest absolute Gasteiger partial charge is 0.242 e. The van der Waals surface area contributed by atoms with Crippen molar-refractivity contribution < 1.29 is 9.59 Å². The predicted octanol–water partition coefficient (Wildman–Crippen LogP) is 2.32. The quantitative estimate of drug-likeness (QED) is 0.707. The van der Waals surface area contributed by atoms with Crippen LogP contribution in [0.1, 0.15) is 30.5 Å². The Hall–Kier alpha value is -2.37. The van der Waals surface area contributed by atoms with E-state index in [1.165, 1.54) is 0 Å². The zero-order valence-corrected chi connectivity index (χ0v) is 15.0. The third-order valence-corrected chi connectivity index (χ3v) is 3.71. The Morgan fingerprint density at radius 3 is 2.16 bits per heavy atom. The maximum Gasteiger partial charge on any atom is 0.242 e. The van der Waals surface area contributed by atoms with Gasteiger partial charge in [-0.05, 0) is 18.1 Å². The summed E-state index contributed by atoms with van der Waals surface area (Å²) >= 11 is 0. The molecule has 2 amide bonds. The molecule has 0 heterocycles. The van der Waals surface area contributed by atoms with Crippen LogP contribution in [0.5, 0.6) is 0 Å². The van der Waals surface area contributed by atoms with Gasteiger partial charge in [0.2, 0.25) is 11.8 Å². The summed E-state index contributed by atoms with van der Waals surface area (Å²) in [6.45, 7) is 2.09. The van der Waals surface area contributed by atoms with Crippen LogP contribution in [0.25, 0.3) is 0 Å². The molecule has 2 rings (SSSR count). The zero-order valence-electron chi connectivity index (χ0n) is 14.1. The minimum absolute atomic E-state index is 0. The highest BCUT2D eigenvalue weighted by Gasteiger charge is 2.17. The molecule has 2 atom stereocenters. The first-order valence-electron chi connectivity index (χ1n) is 7.98. The van der Waals surface area contributed by atoms with Gasteiger partial charge < -0.3 is 16.4 Å². The summed E-state index contributed by atoms with van der Waals surface area (Å²) in [5.41, 5.74) is 7.93. The van der Waals surface area contributed by atoms with Crippen molar-refractivity contribution in [2.75, 3.05) is 0 Å². The van der Waals surface area contributed by atoms with E-state index in [-0.39, 0.29) is 36.7 Å². The summed E-state index contributed by atoms with van der Waals surface area (Å²) in [4.78, 5) is 24.1. The average molecular weight is 362 g/mol. The first kappa shape index (κ1) is 20.7. The lowest BCUT2D eigenvalue weighted by atomic mass is 10.0. The number of nitrogens with two attached hydrogens (primary N) is 1. The van der Waals surface area contributed by atoms with Crippen LogP contribution < -0.4 is 16.4 Å². The third kappa shape index (κ3) is 6.95. The number of nitrogens with one attached hydrogen (secondary N) is 2. The van der Waals surface area contributed by atoms with E-state index in [1.807, 2.05) is 60.7 Å². The van der Waals surface area contributed by atoms with Gasteiger partial charge in [0, 0.05) is 19.0 Å². The average Bonchev–Trinajstić information content (AvgIpc) is 2.61. The molecular formula is C19H24ClN3O2. The monoisotopic (exact) mass is 361 g/mol. The largest absolute Gasteiger partial charge is 0.350 e. The van der Waals surface area contributed by atoms with Crippen molar-refractivity contribution in [3.63, 3.8) is 0 Å². The minimum atomic E-state index is -0.607. The summed E-state index contributed by atoms with van der Waals surface area (Å²) in [6, 6.07) is 18.1. The van der Waals surface area contributed by atoms with Gasteiger partial charge in [-0.25, -0.2) is 0 Å². The van der Waals surface area contributed by atoms with Crippen molar-refractivity contribution in [3.05, 3.63) is 71.8 Å². The van der Waals surface area contributed by atoms with Crippen molar-refractivity contribution >= 4 is 24.2 Å². The van der Waals surface area contributed by atoms with Crippen LogP contribution >= 0.6 is 12.4 Å². The molecule has 4 N–H and O–H groups in total. The molecule has 5 nitrogen and oxygen atoms in total. The van der Waals surface area contributed by atoms with Crippen molar-refractivity contribution in [3.8, 4) is 0 Å². The second-order valence-electron chi connectivity index (χ2n) is 5.71. The van der Waals surface area contributed by atoms with Gasteiger partial charge in [-0.15, -0.1) is 12.4 Å². The molecule has 0 aliphatic carbocycles. The topological polar surface area (TPSA) is 84.2 Å². The van der Waals surface area contributed by atoms with Gasteiger partial charge in [0.15, 0.2) is 0 Å². The number of hydrogen-bond donors (Lipinski definition) is 3. The summed E-state index contributed by atoms with van der Waals surface area (Å²) in [5.74, 6) is -0.464. The van der Waals surface area contributed by atoms with Crippen LogP contribution in [0, 0.1) is 0 Å². The highest BCUT2D eigenvalue weighted by atomic mass is 35.5. The summed E-state index contributed by atoms with van der Waals surface area (Å²) in [7, 11) is 0. The molecule has 0 radical (unpaired) electrons. The number of benzene rings is 2. The van der Waals surface area contributed by atoms with Crippen LogP contribution in [-0.2, 0) is 16.1 Å². The maximum absolute atomic E-state index is 12.1. The molecule has 0 aromatic heterocycles. The Morgan fingerprint density at radius 1 is 1.00 bits per heavy atom. The van der Waals surface area contributed by atoms with Crippen LogP contribution in [0.15, 0.2) is 60.7 Å². The molecular weight excluding hydrogens is 338 g/mol. The summed E-state index contributed by atoms with van der Waals surface area (Å²) < 4.78 is 0. The van der Waals surface area contributed by atoms with Gasteiger partial charge in [-0.3, -0.25) is 9.59 Å². The molecule has 134 valence electrons. The molecule has 25 heavy (non-hydrogen) atoms. The first-order valence-corrected chi connectivity index (χ1v) is 7.98. The molecule has 2 unspecified atom stereocenters. The van der Waals surface area contributed by atoms with Gasteiger partial charge in [-0.1, -0.05) is 60.7 Å². The number of amides is 2.